The van der Waals surface area contributed by atoms with Crippen molar-refractivity contribution in [3.05, 3.63) is 28.5 Å². The smallest absolute Gasteiger partial charge is 0.138 e. The minimum Gasteiger partial charge on any atom is -0.385 e. The van der Waals surface area contributed by atoms with Gasteiger partial charge in [0.15, 0.2) is 0 Å². The molecular formula is C10H11BrN2O. The molecule has 0 aliphatic carbocycles. The van der Waals surface area contributed by atoms with E-state index in [9.17, 15) is 5.11 Å². The van der Waals surface area contributed by atoms with Crippen LogP contribution < -0.4 is 0 Å². The Hall–Kier alpha value is -0.870. The van der Waals surface area contributed by atoms with Crippen molar-refractivity contribution in [1.29, 1.82) is 0 Å². The summed E-state index contributed by atoms with van der Waals surface area (Å²) < 4.78 is 2.91. The van der Waals surface area contributed by atoms with E-state index in [0.717, 1.165) is 15.5 Å². The first kappa shape index (κ1) is 9.68. The number of nitrogens with zero attached hydrogens (tertiary/aromatic N) is 2. The molecule has 2 rings (SSSR count). The molecule has 0 radical (unpaired) electrons. The van der Waals surface area contributed by atoms with Gasteiger partial charge in [-0.15, -0.1) is 0 Å². The maximum Gasteiger partial charge on any atom is 0.138 e. The van der Waals surface area contributed by atoms with Crippen molar-refractivity contribution < 1.29 is 5.11 Å². The fraction of sp³-hybridized carbons (Fsp3) is 0.300. The number of halogens is 1. The highest BCUT2D eigenvalue weighted by Gasteiger charge is 2.11. The molecular weight excluding hydrogens is 244 g/mol. The molecule has 0 spiro atoms. The second kappa shape index (κ2) is 3.37. The van der Waals surface area contributed by atoms with E-state index in [0.29, 0.717) is 5.82 Å². The molecule has 1 atom stereocenters. The minimum atomic E-state index is -0.536. The number of fused-ring (bicyclic) bond motifs is 1. The average molecular weight is 255 g/mol. The normalized spacial score (nSPS) is 13.4. The Morgan fingerprint density at radius 2 is 2.21 bits per heavy atom. The van der Waals surface area contributed by atoms with E-state index in [1.807, 2.05) is 29.8 Å². The van der Waals surface area contributed by atoms with Crippen molar-refractivity contribution >= 4 is 27.0 Å². The lowest BCUT2D eigenvalue weighted by Crippen LogP contribution is -2.01. The van der Waals surface area contributed by atoms with Gasteiger partial charge < -0.3 is 9.67 Å². The van der Waals surface area contributed by atoms with Crippen LogP contribution in [0.1, 0.15) is 18.9 Å². The van der Waals surface area contributed by atoms with E-state index in [1.54, 1.807) is 6.92 Å². The van der Waals surface area contributed by atoms with Crippen LogP contribution in [0.3, 0.4) is 0 Å². The van der Waals surface area contributed by atoms with Crippen LogP contribution in [0.4, 0.5) is 0 Å². The Morgan fingerprint density at radius 1 is 1.50 bits per heavy atom. The van der Waals surface area contributed by atoms with Crippen molar-refractivity contribution in [2.45, 2.75) is 13.0 Å². The molecule has 0 aliphatic heterocycles. The fourth-order valence-corrected chi connectivity index (χ4v) is 1.91. The monoisotopic (exact) mass is 254 g/mol. The maximum absolute atomic E-state index is 9.48. The molecule has 1 heterocycles. The maximum atomic E-state index is 9.48. The third-order valence-electron chi connectivity index (χ3n) is 2.25. The highest BCUT2D eigenvalue weighted by molar-refractivity contribution is 9.10. The van der Waals surface area contributed by atoms with Crippen molar-refractivity contribution in [2.24, 2.45) is 7.05 Å². The van der Waals surface area contributed by atoms with Gasteiger partial charge >= 0.3 is 0 Å². The molecule has 3 nitrogen and oxygen atoms in total. The van der Waals surface area contributed by atoms with Crippen LogP contribution in [0.15, 0.2) is 22.7 Å². The lowest BCUT2D eigenvalue weighted by atomic mass is 10.3. The largest absolute Gasteiger partial charge is 0.385 e. The van der Waals surface area contributed by atoms with Gasteiger partial charge in [-0.3, -0.25) is 0 Å². The van der Waals surface area contributed by atoms with E-state index >= 15 is 0 Å². The number of aryl methyl sites for hydroxylation is 1. The molecule has 74 valence electrons. The van der Waals surface area contributed by atoms with Crippen molar-refractivity contribution in [1.82, 2.24) is 9.55 Å². The van der Waals surface area contributed by atoms with E-state index in [2.05, 4.69) is 20.9 Å². The van der Waals surface area contributed by atoms with Gasteiger partial charge in [-0.05, 0) is 25.1 Å². The fourth-order valence-electron chi connectivity index (χ4n) is 1.57. The van der Waals surface area contributed by atoms with Crippen LogP contribution in [0, 0.1) is 0 Å². The standard InChI is InChI=1S/C10H11BrN2O/c1-6(14)10-12-8-5-7(11)3-4-9(8)13(10)2/h3-6,14H,1-2H3. The lowest BCUT2D eigenvalue weighted by Gasteiger charge is -2.03. The highest BCUT2D eigenvalue weighted by atomic mass is 79.9. The highest BCUT2D eigenvalue weighted by Crippen LogP contribution is 2.22. The van der Waals surface area contributed by atoms with Crippen molar-refractivity contribution in [2.75, 3.05) is 0 Å². The summed E-state index contributed by atoms with van der Waals surface area (Å²) in [5.74, 6) is 0.693. The summed E-state index contributed by atoms with van der Waals surface area (Å²) in [5.41, 5.74) is 1.93. The summed E-state index contributed by atoms with van der Waals surface area (Å²) in [6.45, 7) is 1.72. The van der Waals surface area contributed by atoms with E-state index < -0.39 is 6.10 Å². The number of imidazole rings is 1. The second-order valence-electron chi connectivity index (χ2n) is 3.34. The first-order chi connectivity index (χ1) is 6.59. The summed E-state index contributed by atoms with van der Waals surface area (Å²) >= 11 is 3.39. The Balaban J connectivity index is 2.73. The first-order valence-electron chi connectivity index (χ1n) is 4.39. The second-order valence-corrected chi connectivity index (χ2v) is 4.25. The van der Waals surface area contributed by atoms with Crippen LogP contribution in [-0.4, -0.2) is 14.7 Å². The molecule has 4 heteroatoms. The van der Waals surface area contributed by atoms with Crippen molar-refractivity contribution in [3.8, 4) is 0 Å². The molecule has 0 saturated carbocycles. The zero-order valence-electron chi connectivity index (χ0n) is 8.03. The molecule has 1 unspecified atom stereocenters. The Morgan fingerprint density at radius 3 is 2.86 bits per heavy atom. The van der Waals surface area contributed by atoms with Gasteiger partial charge in [0.2, 0.25) is 0 Å². The molecule has 0 aliphatic rings. The quantitative estimate of drug-likeness (QED) is 0.849. The average Bonchev–Trinajstić information content (AvgIpc) is 2.43. The van der Waals surface area contributed by atoms with Crippen LogP contribution in [0.25, 0.3) is 11.0 Å². The van der Waals surface area contributed by atoms with Gasteiger partial charge in [-0.25, -0.2) is 4.98 Å². The third kappa shape index (κ3) is 1.44. The molecule has 1 aromatic heterocycles. The minimum absolute atomic E-state index is 0.536. The molecule has 1 N–H and O–H groups in total. The Bertz CT molecular complexity index is 476. The van der Waals surface area contributed by atoms with E-state index in [4.69, 9.17) is 0 Å². The number of benzene rings is 1. The van der Waals surface area contributed by atoms with Crippen LogP contribution >= 0.6 is 15.9 Å². The van der Waals surface area contributed by atoms with Crippen LogP contribution in [-0.2, 0) is 7.05 Å². The number of hydrogen-bond acceptors (Lipinski definition) is 2. The van der Waals surface area contributed by atoms with Gasteiger partial charge in [0.25, 0.3) is 0 Å². The molecule has 0 saturated heterocycles. The number of hydrogen-bond donors (Lipinski definition) is 1. The topological polar surface area (TPSA) is 38.1 Å². The number of aliphatic hydroxyl groups excluding tert-OH is 1. The first-order valence-corrected chi connectivity index (χ1v) is 5.19. The Kier molecular flexibility index (Phi) is 2.33. The van der Waals surface area contributed by atoms with E-state index in [-0.39, 0.29) is 0 Å². The SMILES string of the molecule is CC(O)c1nc2cc(Br)ccc2n1C. The van der Waals surface area contributed by atoms with Crippen LogP contribution in [0.2, 0.25) is 0 Å². The molecule has 14 heavy (non-hydrogen) atoms. The molecule has 0 amide bonds. The predicted molar refractivity (Wildman–Crippen MR) is 59.0 cm³/mol. The molecule has 0 bridgehead atoms. The van der Waals surface area contributed by atoms with Crippen LogP contribution in [0.5, 0.6) is 0 Å². The summed E-state index contributed by atoms with van der Waals surface area (Å²) in [4.78, 5) is 4.36. The third-order valence-corrected chi connectivity index (χ3v) is 2.74. The van der Waals surface area contributed by atoms with Gasteiger partial charge in [0.1, 0.15) is 11.9 Å². The zero-order valence-corrected chi connectivity index (χ0v) is 9.62. The van der Waals surface area contributed by atoms with Gasteiger partial charge in [-0.1, -0.05) is 15.9 Å². The van der Waals surface area contributed by atoms with Gasteiger partial charge in [0.05, 0.1) is 11.0 Å². The summed E-state index contributed by atoms with van der Waals surface area (Å²) in [5, 5.41) is 9.48. The summed E-state index contributed by atoms with van der Waals surface area (Å²) in [7, 11) is 1.91. The number of aliphatic hydroxyl groups is 1. The number of rotatable bonds is 1. The molecule has 2 aromatic rings. The van der Waals surface area contributed by atoms with Gasteiger partial charge in [-0.2, -0.15) is 0 Å². The zero-order chi connectivity index (χ0) is 10.3. The lowest BCUT2D eigenvalue weighted by molar-refractivity contribution is 0.186. The van der Waals surface area contributed by atoms with Gasteiger partial charge in [0, 0.05) is 11.5 Å². The summed E-state index contributed by atoms with van der Waals surface area (Å²) in [6, 6.07) is 5.90. The molecule has 0 fully saturated rings. The van der Waals surface area contributed by atoms with Crippen molar-refractivity contribution in [3.63, 3.8) is 0 Å². The molecule has 1 aromatic carbocycles. The van der Waals surface area contributed by atoms with E-state index in [1.165, 1.54) is 0 Å². The predicted octanol–water partition coefficient (Wildman–Crippen LogP) is 2.39. The number of aromatic nitrogens is 2. The Labute approximate surface area is 90.5 Å². The summed E-state index contributed by atoms with van der Waals surface area (Å²) in [6.07, 6.45) is -0.536.